The molecule has 5 heteroatoms. The summed E-state index contributed by atoms with van der Waals surface area (Å²) in [6, 6.07) is 2.08. The Morgan fingerprint density at radius 1 is 1.47 bits per heavy atom. The van der Waals surface area contributed by atoms with Crippen molar-refractivity contribution in [3.8, 4) is 0 Å². The summed E-state index contributed by atoms with van der Waals surface area (Å²) in [4.78, 5) is 8.81. The fraction of sp³-hybridized carbons (Fsp3) is 0.429. The van der Waals surface area contributed by atoms with Crippen LogP contribution in [0.3, 0.4) is 0 Å². The van der Waals surface area contributed by atoms with E-state index in [9.17, 15) is 0 Å². The van der Waals surface area contributed by atoms with Crippen molar-refractivity contribution in [1.82, 2.24) is 19.2 Å². The molecule has 100 valence electrons. The minimum atomic E-state index is 0.490. The molecule has 2 atom stereocenters. The second kappa shape index (κ2) is 5.03. The topological polar surface area (TPSA) is 34.0 Å². The van der Waals surface area contributed by atoms with Gasteiger partial charge in [0.25, 0.3) is 0 Å². The van der Waals surface area contributed by atoms with Crippen LogP contribution in [0.15, 0.2) is 25.2 Å². The molecule has 1 saturated heterocycles. The van der Waals surface area contributed by atoms with Crippen molar-refractivity contribution < 1.29 is 0 Å². The van der Waals surface area contributed by atoms with Gasteiger partial charge < -0.3 is 4.57 Å². The van der Waals surface area contributed by atoms with Gasteiger partial charge in [-0.15, -0.1) is 0 Å². The highest BCUT2D eigenvalue weighted by Gasteiger charge is 2.23. The van der Waals surface area contributed by atoms with E-state index >= 15 is 0 Å². The Bertz CT molecular complexity index is 619. The van der Waals surface area contributed by atoms with Crippen LogP contribution in [0.5, 0.6) is 0 Å². The van der Waals surface area contributed by atoms with Crippen LogP contribution >= 0.6 is 9.39 Å². The maximum absolute atomic E-state index is 4.47. The first kappa shape index (κ1) is 12.8. The molecule has 2 unspecified atom stereocenters. The van der Waals surface area contributed by atoms with Crippen LogP contribution in [0.1, 0.15) is 18.5 Å². The Hall–Kier alpha value is -1.25. The largest absolute Gasteiger partial charge is 0.335 e. The predicted molar refractivity (Wildman–Crippen MR) is 81.6 cm³/mol. The van der Waals surface area contributed by atoms with Crippen LogP contribution in [-0.4, -0.2) is 32.3 Å². The Kier molecular flexibility index (Phi) is 3.38. The van der Waals surface area contributed by atoms with Gasteiger partial charge in [-0.1, -0.05) is 16.0 Å². The van der Waals surface area contributed by atoms with Gasteiger partial charge >= 0.3 is 0 Å². The standard InChI is InChI=1S/C14H19N4P/c1-10(11-4-3-6-18(19)8-11)13-12-5-7-17(2)14(12)16-9-15-13/h5,7,9,11H,1,3-4,6,8,19H2,2H3. The molecule has 1 aliphatic heterocycles. The van der Waals surface area contributed by atoms with Crippen molar-refractivity contribution >= 4 is 26.0 Å². The van der Waals surface area contributed by atoms with E-state index in [1.807, 2.05) is 17.8 Å². The lowest BCUT2D eigenvalue weighted by Crippen LogP contribution is -2.28. The molecular formula is C14H19N4P. The van der Waals surface area contributed by atoms with E-state index in [0.717, 1.165) is 35.4 Å². The average molecular weight is 274 g/mol. The molecule has 3 rings (SSSR count). The number of nitrogens with zero attached hydrogens (tertiary/aromatic N) is 4. The Morgan fingerprint density at radius 2 is 2.32 bits per heavy atom. The lowest BCUT2D eigenvalue weighted by molar-refractivity contribution is 0.331. The molecule has 2 aromatic rings. The molecule has 3 heterocycles. The van der Waals surface area contributed by atoms with Crippen molar-refractivity contribution in [3.05, 3.63) is 30.9 Å². The molecule has 0 saturated carbocycles. The molecule has 1 aliphatic rings. The second-order valence-corrected chi connectivity index (χ2v) is 5.98. The average Bonchev–Trinajstić information content (AvgIpc) is 2.80. The fourth-order valence-corrected chi connectivity index (χ4v) is 3.25. The number of hydrogen-bond donors (Lipinski definition) is 0. The van der Waals surface area contributed by atoms with Crippen molar-refractivity contribution in [2.75, 3.05) is 13.1 Å². The molecule has 0 aromatic carbocycles. The zero-order chi connectivity index (χ0) is 13.4. The fourth-order valence-electron chi connectivity index (χ4n) is 2.82. The van der Waals surface area contributed by atoms with E-state index in [-0.39, 0.29) is 0 Å². The minimum Gasteiger partial charge on any atom is -0.335 e. The molecular weight excluding hydrogens is 255 g/mol. The summed E-state index contributed by atoms with van der Waals surface area (Å²) >= 11 is 0. The SMILES string of the molecule is C=C(c1ncnc2c1ccn2C)C1CCCN(P)C1. The summed E-state index contributed by atoms with van der Waals surface area (Å²) in [6.45, 7) is 6.50. The highest BCUT2D eigenvalue weighted by atomic mass is 31.0. The summed E-state index contributed by atoms with van der Waals surface area (Å²) < 4.78 is 4.32. The molecule has 0 radical (unpaired) electrons. The molecule has 0 bridgehead atoms. The third kappa shape index (κ3) is 2.31. The summed E-state index contributed by atoms with van der Waals surface area (Å²) in [5.41, 5.74) is 3.13. The van der Waals surface area contributed by atoms with Crippen molar-refractivity contribution in [1.29, 1.82) is 0 Å². The maximum Gasteiger partial charge on any atom is 0.143 e. The highest BCUT2D eigenvalue weighted by molar-refractivity contribution is 7.13. The number of hydrogen-bond acceptors (Lipinski definition) is 3. The zero-order valence-electron chi connectivity index (χ0n) is 11.2. The zero-order valence-corrected chi connectivity index (χ0v) is 12.4. The molecule has 2 aromatic heterocycles. The quantitative estimate of drug-likeness (QED) is 0.789. The summed E-state index contributed by atoms with van der Waals surface area (Å²) in [5.74, 6) is 0.490. The van der Waals surface area contributed by atoms with Gasteiger partial charge in [0.05, 0.1) is 5.69 Å². The first-order valence-corrected chi connectivity index (χ1v) is 7.13. The van der Waals surface area contributed by atoms with Crippen molar-refractivity contribution in [2.24, 2.45) is 13.0 Å². The van der Waals surface area contributed by atoms with E-state index in [2.05, 4.69) is 36.7 Å². The van der Waals surface area contributed by atoms with Crippen LogP contribution in [0.4, 0.5) is 0 Å². The van der Waals surface area contributed by atoms with Gasteiger partial charge in [0.15, 0.2) is 0 Å². The minimum absolute atomic E-state index is 0.490. The Morgan fingerprint density at radius 3 is 3.11 bits per heavy atom. The number of aryl methyl sites for hydroxylation is 1. The van der Waals surface area contributed by atoms with E-state index < -0.39 is 0 Å². The summed E-state index contributed by atoms with van der Waals surface area (Å²) in [6.07, 6.45) is 6.08. The molecule has 4 nitrogen and oxygen atoms in total. The first-order chi connectivity index (χ1) is 9.16. The smallest absolute Gasteiger partial charge is 0.143 e. The van der Waals surface area contributed by atoms with E-state index in [0.29, 0.717) is 5.92 Å². The van der Waals surface area contributed by atoms with Crippen LogP contribution < -0.4 is 0 Å². The van der Waals surface area contributed by atoms with Gasteiger partial charge in [0.2, 0.25) is 0 Å². The number of aromatic nitrogens is 3. The van der Waals surface area contributed by atoms with E-state index in [4.69, 9.17) is 0 Å². The van der Waals surface area contributed by atoms with Gasteiger partial charge in [0, 0.05) is 31.7 Å². The van der Waals surface area contributed by atoms with Crippen molar-refractivity contribution in [2.45, 2.75) is 12.8 Å². The van der Waals surface area contributed by atoms with Gasteiger partial charge in [0.1, 0.15) is 12.0 Å². The van der Waals surface area contributed by atoms with Gasteiger partial charge in [-0.05, 0) is 30.4 Å². The molecule has 0 spiro atoms. The van der Waals surface area contributed by atoms with Crippen LogP contribution in [0, 0.1) is 5.92 Å². The number of piperidine rings is 1. The van der Waals surface area contributed by atoms with Gasteiger partial charge in [-0.2, -0.15) is 0 Å². The molecule has 0 amide bonds. The maximum atomic E-state index is 4.47. The monoisotopic (exact) mass is 274 g/mol. The third-order valence-electron chi connectivity index (χ3n) is 3.91. The normalized spacial score (nSPS) is 20.8. The third-order valence-corrected chi connectivity index (χ3v) is 4.38. The summed E-state index contributed by atoms with van der Waals surface area (Å²) in [7, 11) is 4.81. The van der Waals surface area contributed by atoms with Gasteiger partial charge in [-0.3, -0.25) is 4.67 Å². The number of fused-ring (bicyclic) bond motifs is 1. The molecule has 1 fully saturated rings. The van der Waals surface area contributed by atoms with Gasteiger partial charge in [-0.25, -0.2) is 9.97 Å². The molecule has 19 heavy (non-hydrogen) atoms. The van der Waals surface area contributed by atoms with E-state index in [1.165, 1.54) is 12.8 Å². The summed E-state index contributed by atoms with van der Waals surface area (Å²) in [5, 5.41) is 1.11. The number of rotatable bonds is 2. The highest BCUT2D eigenvalue weighted by Crippen LogP contribution is 2.32. The molecule has 0 N–H and O–H groups in total. The van der Waals surface area contributed by atoms with Crippen LogP contribution in [0.25, 0.3) is 16.6 Å². The van der Waals surface area contributed by atoms with Crippen molar-refractivity contribution in [3.63, 3.8) is 0 Å². The first-order valence-electron chi connectivity index (χ1n) is 6.61. The van der Waals surface area contributed by atoms with Crippen LogP contribution in [0.2, 0.25) is 0 Å². The lowest BCUT2D eigenvalue weighted by Gasteiger charge is -2.30. The predicted octanol–water partition coefficient (Wildman–Crippen LogP) is 2.48. The van der Waals surface area contributed by atoms with E-state index in [1.54, 1.807) is 6.33 Å². The lowest BCUT2D eigenvalue weighted by atomic mass is 9.89. The Labute approximate surface area is 115 Å². The Balaban J connectivity index is 1.97. The molecule has 0 aliphatic carbocycles. The second-order valence-electron chi connectivity index (χ2n) is 5.25. The van der Waals surface area contributed by atoms with Crippen LogP contribution in [-0.2, 0) is 7.05 Å².